The third-order valence-electron chi connectivity index (χ3n) is 6.26. The zero-order valence-electron chi connectivity index (χ0n) is 24.2. The second-order valence-corrected chi connectivity index (χ2v) is 10.3. The van der Waals surface area contributed by atoms with Crippen LogP contribution in [0.1, 0.15) is 50.3 Å². The molecule has 0 radical (unpaired) electrons. The number of rotatable bonds is 14. The zero-order chi connectivity index (χ0) is 30.7. The molecular weight excluding hydrogens is 555 g/mol. The summed E-state index contributed by atoms with van der Waals surface area (Å²) in [5.74, 6) is -1.83. The Hall–Kier alpha value is -3.86. The van der Waals surface area contributed by atoms with E-state index in [9.17, 15) is 23.6 Å². The predicted octanol–water partition coefficient (Wildman–Crippen LogP) is 3.80. The molecule has 0 aliphatic rings. The van der Waals surface area contributed by atoms with Crippen LogP contribution >= 0.6 is 11.6 Å². The molecule has 2 atom stereocenters. The van der Waals surface area contributed by atoms with Gasteiger partial charge in [-0.15, -0.1) is 0 Å². The minimum atomic E-state index is -1.11. The van der Waals surface area contributed by atoms with E-state index >= 15 is 0 Å². The lowest BCUT2D eigenvalue weighted by atomic mass is 10.0. The topological polar surface area (TPSA) is 135 Å². The molecule has 0 saturated carbocycles. The average molecular weight is 593 g/mol. The van der Waals surface area contributed by atoms with Gasteiger partial charge >= 0.3 is 6.03 Å². The van der Waals surface area contributed by atoms with Crippen LogP contribution in [-0.4, -0.2) is 49.9 Å². The van der Waals surface area contributed by atoms with Gasteiger partial charge in [0.2, 0.25) is 11.7 Å². The van der Waals surface area contributed by atoms with Gasteiger partial charge in [-0.3, -0.25) is 14.4 Å². The Bertz CT molecular complexity index is 1230. The molecule has 0 bridgehead atoms. The van der Waals surface area contributed by atoms with Gasteiger partial charge in [0, 0.05) is 24.7 Å². The number of urea groups is 1. The zero-order valence-corrected chi connectivity index (χ0v) is 24.9. The third kappa shape index (κ3) is 9.93. The molecule has 41 heavy (non-hydrogen) atoms. The molecular formula is C29H38ClFN4O6. The maximum Gasteiger partial charge on any atom is 0.315 e. The highest BCUT2D eigenvalue weighted by molar-refractivity contribution is 6.38. The third-order valence-corrected chi connectivity index (χ3v) is 6.79. The first-order valence-electron chi connectivity index (χ1n) is 13.2. The lowest BCUT2D eigenvalue weighted by Gasteiger charge is -2.23. The van der Waals surface area contributed by atoms with E-state index in [4.69, 9.17) is 21.1 Å². The van der Waals surface area contributed by atoms with E-state index in [1.807, 2.05) is 13.8 Å². The molecule has 2 aromatic carbocycles. The second kappa shape index (κ2) is 15.8. The van der Waals surface area contributed by atoms with Crippen molar-refractivity contribution in [3.8, 4) is 11.5 Å². The van der Waals surface area contributed by atoms with Crippen LogP contribution in [0.4, 0.5) is 9.18 Å². The van der Waals surface area contributed by atoms with Gasteiger partial charge in [-0.25, -0.2) is 9.18 Å². The number of ether oxygens (including phenoxy) is 2. The smallest absolute Gasteiger partial charge is 0.315 e. The number of nitrogens with one attached hydrogen (secondary N) is 4. The number of benzene rings is 2. The molecule has 0 aliphatic heterocycles. The summed E-state index contributed by atoms with van der Waals surface area (Å²) in [5, 5.41) is 10.4. The summed E-state index contributed by atoms with van der Waals surface area (Å²) in [6.45, 7) is 6.95. The predicted molar refractivity (Wildman–Crippen MR) is 153 cm³/mol. The van der Waals surface area contributed by atoms with Crippen LogP contribution in [0, 0.1) is 18.7 Å². The van der Waals surface area contributed by atoms with Crippen LogP contribution in [-0.2, 0) is 27.5 Å². The molecule has 0 heterocycles. The van der Waals surface area contributed by atoms with E-state index in [-0.39, 0.29) is 42.4 Å². The molecule has 0 fully saturated rings. The highest BCUT2D eigenvalue weighted by Crippen LogP contribution is 2.24. The summed E-state index contributed by atoms with van der Waals surface area (Å²) in [5.41, 5.74) is 1.44. The standard InChI is InChI=1S/C29H38ClFN4O6/c1-7-23(26(36)28(38)32-14-18-11-19(40-5)13-20(12-18)41-6)34-27(37)24(10-16(2)3)35-29(39)33-15-21-22(31)9-8-17(4)25(21)30/h8-9,11-13,16,23-24H,7,10,14-15H2,1-6H3,(H,32,38)(H,34,37)(H2,33,35,39)/t23?,24-/m0/s1. The minimum absolute atomic E-state index is 0.00800. The number of amides is 4. The van der Waals surface area contributed by atoms with E-state index in [1.165, 1.54) is 26.4 Å². The first kappa shape index (κ1) is 33.3. The molecule has 10 nitrogen and oxygen atoms in total. The second-order valence-electron chi connectivity index (χ2n) is 9.90. The summed E-state index contributed by atoms with van der Waals surface area (Å²) in [6.07, 6.45) is 0.407. The fourth-order valence-corrected chi connectivity index (χ4v) is 4.20. The fourth-order valence-electron chi connectivity index (χ4n) is 3.98. The first-order chi connectivity index (χ1) is 19.4. The van der Waals surface area contributed by atoms with Gasteiger partial charge in [-0.2, -0.15) is 0 Å². The number of aryl methyl sites for hydroxylation is 1. The molecule has 0 saturated heterocycles. The molecule has 0 aliphatic carbocycles. The maximum atomic E-state index is 14.2. The van der Waals surface area contributed by atoms with Gasteiger partial charge in [-0.1, -0.05) is 38.4 Å². The summed E-state index contributed by atoms with van der Waals surface area (Å²) in [4.78, 5) is 51.2. The Morgan fingerprint density at radius 1 is 0.927 bits per heavy atom. The summed E-state index contributed by atoms with van der Waals surface area (Å²) < 4.78 is 24.6. The molecule has 2 aromatic rings. The van der Waals surface area contributed by atoms with Crippen LogP contribution in [0.15, 0.2) is 30.3 Å². The van der Waals surface area contributed by atoms with Gasteiger partial charge in [0.05, 0.1) is 25.3 Å². The molecule has 4 N–H and O–H groups in total. The van der Waals surface area contributed by atoms with Gasteiger partial charge < -0.3 is 30.7 Å². The number of Topliss-reactive ketones (excluding diaryl/α,β-unsaturated/α-hetero) is 1. The van der Waals surface area contributed by atoms with Crippen molar-refractivity contribution in [1.82, 2.24) is 21.3 Å². The van der Waals surface area contributed by atoms with E-state index < -0.39 is 41.5 Å². The van der Waals surface area contributed by atoms with Gasteiger partial charge in [0.15, 0.2) is 0 Å². The molecule has 0 spiro atoms. The Morgan fingerprint density at radius 3 is 2.12 bits per heavy atom. The summed E-state index contributed by atoms with van der Waals surface area (Å²) in [7, 11) is 3.00. The minimum Gasteiger partial charge on any atom is -0.497 e. The van der Waals surface area contributed by atoms with Crippen molar-refractivity contribution in [2.75, 3.05) is 14.2 Å². The van der Waals surface area contributed by atoms with Gasteiger partial charge in [0.1, 0.15) is 23.4 Å². The SMILES string of the molecule is CCC(NC(=O)[C@H](CC(C)C)NC(=O)NCc1c(F)ccc(C)c1Cl)C(=O)C(=O)NCc1cc(OC)cc(OC)c1. The van der Waals surface area contributed by atoms with Crippen LogP contribution in [0.3, 0.4) is 0 Å². The van der Waals surface area contributed by atoms with E-state index in [0.29, 0.717) is 22.6 Å². The largest absolute Gasteiger partial charge is 0.497 e. The van der Waals surface area contributed by atoms with Crippen molar-refractivity contribution in [3.05, 3.63) is 57.9 Å². The normalized spacial score (nSPS) is 12.2. The van der Waals surface area contributed by atoms with Crippen molar-refractivity contribution in [2.45, 2.75) is 65.7 Å². The molecule has 0 aromatic heterocycles. The molecule has 1 unspecified atom stereocenters. The Kier molecular flexibility index (Phi) is 12.9. The number of hydrogen-bond acceptors (Lipinski definition) is 6. The van der Waals surface area contributed by atoms with Crippen molar-refractivity contribution >= 4 is 35.2 Å². The van der Waals surface area contributed by atoms with E-state index in [0.717, 1.165) is 0 Å². The lowest BCUT2D eigenvalue weighted by Crippen LogP contribution is -2.55. The van der Waals surface area contributed by atoms with Gasteiger partial charge in [-0.05, 0) is 55.0 Å². The van der Waals surface area contributed by atoms with Crippen LogP contribution in [0.2, 0.25) is 5.02 Å². The summed E-state index contributed by atoms with van der Waals surface area (Å²) >= 11 is 6.17. The number of ketones is 1. The van der Waals surface area contributed by atoms with Crippen molar-refractivity contribution in [3.63, 3.8) is 0 Å². The van der Waals surface area contributed by atoms with Crippen molar-refractivity contribution < 1.29 is 33.0 Å². The maximum absolute atomic E-state index is 14.2. The monoisotopic (exact) mass is 592 g/mol. The molecule has 12 heteroatoms. The number of carbonyl (C=O) groups excluding carboxylic acids is 4. The number of methoxy groups -OCH3 is 2. The molecule has 2 rings (SSSR count). The lowest BCUT2D eigenvalue weighted by molar-refractivity contribution is -0.140. The molecule has 224 valence electrons. The highest BCUT2D eigenvalue weighted by Gasteiger charge is 2.29. The van der Waals surface area contributed by atoms with Crippen molar-refractivity contribution in [2.24, 2.45) is 5.92 Å². The Morgan fingerprint density at radius 2 is 1.56 bits per heavy atom. The van der Waals surface area contributed by atoms with E-state index in [2.05, 4.69) is 21.3 Å². The van der Waals surface area contributed by atoms with Crippen LogP contribution in [0.25, 0.3) is 0 Å². The quantitative estimate of drug-likeness (QED) is 0.247. The number of carbonyl (C=O) groups is 4. The van der Waals surface area contributed by atoms with Crippen molar-refractivity contribution in [1.29, 1.82) is 0 Å². The highest BCUT2D eigenvalue weighted by atomic mass is 35.5. The summed E-state index contributed by atoms with van der Waals surface area (Å²) in [6, 6.07) is 5.03. The van der Waals surface area contributed by atoms with Crippen LogP contribution < -0.4 is 30.7 Å². The van der Waals surface area contributed by atoms with Crippen LogP contribution in [0.5, 0.6) is 11.5 Å². The Balaban J connectivity index is 2.02. The Labute approximate surface area is 244 Å². The average Bonchev–Trinajstić information content (AvgIpc) is 2.95. The van der Waals surface area contributed by atoms with E-state index in [1.54, 1.807) is 32.0 Å². The molecule has 4 amide bonds. The number of hydrogen-bond donors (Lipinski definition) is 4. The van der Waals surface area contributed by atoms with Gasteiger partial charge in [0.25, 0.3) is 5.91 Å². The fraction of sp³-hybridized carbons (Fsp3) is 0.448. The first-order valence-corrected chi connectivity index (χ1v) is 13.6. The number of halogens is 2.